The van der Waals surface area contributed by atoms with E-state index in [0.717, 1.165) is 22.3 Å². The number of benzene rings is 1. The van der Waals surface area contributed by atoms with Gasteiger partial charge in [0.25, 0.3) is 0 Å². The minimum atomic E-state index is 0.568. The Morgan fingerprint density at radius 3 is 2.94 bits per heavy atom. The Morgan fingerprint density at radius 1 is 1.29 bits per heavy atom. The van der Waals surface area contributed by atoms with E-state index in [1.54, 1.807) is 12.5 Å². The van der Waals surface area contributed by atoms with Crippen LogP contribution in [0.5, 0.6) is 0 Å². The summed E-state index contributed by atoms with van der Waals surface area (Å²) in [5.41, 5.74) is 3.08. The van der Waals surface area contributed by atoms with Crippen LogP contribution < -0.4 is 0 Å². The number of aryl methyl sites for hydroxylation is 1. The number of hydrogen-bond donors (Lipinski definition) is 1. The van der Waals surface area contributed by atoms with Crippen LogP contribution in [0.2, 0.25) is 0 Å². The van der Waals surface area contributed by atoms with Crippen molar-refractivity contribution in [2.24, 2.45) is 0 Å². The van der Waals surface area contributed by atoms with Gasteiger partial charge in [-0.3, -0.25) is 0 Å². The third-order valence-corrected chi connectivity index (χ3v) is 3.05. The number of aromatic nitrogens is 4. The molecule has 0 aliphatic heterocycles. The van der Waals surface area contributed by atoms with Gasteiger partial charge in [0.1, 0.15) is 10.3 Å². The quantitative estimate of drug-likeness (QED) is 0.667. The molecule has 0 spiro atoms. The molecule has 0 saturated heterocycles. The topological polar surface area (TPSA) is 46.5 Å². The average Bonchev–Trinajstić information content (AvgIpc) is 2.75. The second-order valence-electron chi connectivity index (χ2n) is 3.81. The van der Waals surface area contributed by atoms with Crippen LogP contribution in [0.1, 0.15) is 5.56 Å². The molecule has 3 aromatic rings. The van der Waals surface area contributed by atoms with Crippen LogP contribution in [0.15, 0.2) is 36.8 Å². The summed E-state index contributed by atoms with van der Waals surface area (Å²) in [5.74, 6) is 0. The Balaban J connectivity index is 2.36. The van der Waals surface area contributed by atoms with Crippen LogP contribution in [-0.2, 0) is 0 Å². The van der Waals surface area contributed by atoms with Gasteiger partial charge in [-0.25, -0.2) is 9.67 Å². The summed E-state index contributed by atoms with van der Waals surface area (Å²) in [6.07, 6.45) is 3.34. The molecule has 0 unspecified atom stereocenters. The van der Waals surface area contributed by atoms with Crippen molar-refractivity contribution in [3.63, 3.8) is 0 Å². The zero-order valence-corrected chi connectivity index (χ0v) is 10.0. The molecular formula is C12H10N4S. The lowest BCUT2D eigenvalue weighted by molar-refractivity contribution is 0.887. The van der Waals surface area contributed by atoms with Gasteiger partial charge in [0.2, 0.25) is 0 Å². The van der Waals surface area contributed by atoms with Gasteiger partial charge in [-0.2, -0.15) is 5.10 Å². The molecule has 1 N–H and O–H groups in total. The lowest BCUT2D eigenvalue weighted by Crippen LogP contribution is -1.99. The van der Waals surface area contributed by atoms with Crippen molar-refractivity contribution in [2.45, 2.75) is 6.92 Å². The number of fused-ring (bicyclic) bond motifs is 1. The van der Waals surface area contributed by atoms with Gasteiger partial charge < -0.3 is 4.98 Å². The SMILES string of the molecule is Cc1ccccc1-n1ncc2c(=S)nc[nH]c21. The van der Waals surface area contributed by atoms with E-state index in [2.05, 4.69) is 28.1 Å². The van der Waals surface area contributed by atoms with Crippen molar-refractivity contribution in [3.8, 4) is 5.69 Å². The van der Waals surface area contributed by atoms with Crippen LogP contribution in [0.25, 0.3) is 16.7 Å². The monoisotopic (exact) mass is 242 g/mol. The molecule has 0 aliphatic rings. The highest BCUT2D eigenvalue weighted by atomic mass is 32.1. The summed E-state index contributed by atoms with van der Waals surface area (Å²) in [5, 5.41) is 5.23. The first-order valence-corrected chi connectivity index (χ1v) is 5.65. The Kier molecular flexibility index (Phi) is 2.26. The van der Waals surface area contributed by atoms with Gasteiger partial charge >= 0.3 is 0 Å². The summed E-state index contributed by atoms with van der Waals surface area (Å²) >= 11 is 5.17. The van der Waals surface area contributed by atoms with Crippen molar-refractivity contribution < 1.29 is 0 Å². The lowest BCUT2D eigenvalue weighted by atomic mass is 10.2. The van der Waals surface area contributed by atoms with Crippen molar-refractivity contribution in [2.75, 3.05) is 0 Å². The molecule has 17 heavy (non-hydrogen) atoms. The molecule has 0 radical (unpaired) electrons. The Morgan fingerprint density at radius 2 is 2.12 bits per heavy atom. The molecule has 1 aromatic carbocycles. The van der Waals surface area contributed by atoms with Crippen molar-refractivity contribution in [3.05, 3.63) is 47.0 Å². The molecule has 0 atom stereocenters. The van der Waals surface area contributed by atoms with E-state index in [1.165, 1.54) is 0 Å². The van der Waals surface area contributed by atoms with Crippen LogP contribution in [-0.4, -0.2) is 19.7 Å². The van der Waals surface area contributed by atoms with E-state index in [4.69, 9.17) is 12.2 Å². The zero-order chi connectivity index (χ0) is 11.8. The molecule has 0 saturated carbocycles. The second kappa shape index (κ2) is 3.78. The predicted molar refractivity (Wildman–Crippen MR) is 68.8 cm³/mol. The molecule has 0 fully saturated rings. The molecular weight excluding hydrogens is 232 g/mol. The van der Waals surface area contributed by atoms with E-state index >= 15 is 0 Å². The zero-order valence-electron chi connectivity index (χ0n) is 9.21. The highest BCUT2D eigenvalue weighted by molar-refractivity contribution is 7.71. The van der Waals surface area contributed by atoms with Gasteiger partial charge in [-0.05, 0) is 18.6 Å². The third kappa shape index (κ3) is 1.55. The van der Waals surface area contributed by atoms with E-state index in [1.807, 2.05) is 22.9 Å². The fourth-order valence-corrected chi connectivity index (χ4v) is 2.05. The highest BCUT2D eigenvalue weighted by Gasteiger charge is 2.07. The van der Waals surface area contributed by atoms with Crippen LogP contribution in [0.3, 0.4) is 0 Å². The first kappa shape index (κ1) is 10.2. The Hall–Kier alpha value is -2.01. The fourth-order valence-electron chi connectivity index (χ4n) is 1.85. The molecule has 0 bridgehead atoms. The minimum Gasteiger partial charge on any atom is -0.330 e. The standard InChI is InChI=1S/C12H10N4S/c1-8-4-2-3-5-10(8)16-11-9(6-15-16)12(17)14-7-13-11/h2-7H,1H3,(H,13,14,17). The number of hydrogen-bond acceptors (Lipinski definition) is 3. The Labute approximate surface area is 103 Å². The highest BCUT2D eigenvalue weighted by Crippen LogP contribution is 2.18. The van der Waals surface area contributed by atoms with Gasteiger partial charge in [0.15, 0.2) is 0 Å². The van der Waals surface area contributed by atoms with E-state index < -0.39 is 0 Å². The number of H-pyrrole nitrogens is 1. The number of nitrogens with zero attached hydrogens (tertiary/aromatic N) is 3. The summed E-state index contributed by atoms with van der Waals surface area (Å²) in [6.45, 7) is 2.05. The van der Waals surface area contributed by atoms with Crippen molar-refractivity contribution in [1.29, 1.82) is 0 Å². The molecule has 2 aromatic heterocycles. The largest absolute Gasteiger partial charge is 0.330 e. The summed E-state index contributed by atoms with van der Waals surface area (Å²) < 4.78 is 2.42. The summed E-state index contributed by atoms with van der Waals surface area (Å²) in [4.78, 5) is 7.13. The molecule has 84 valence electrons. The molecule has 4 nitrogen and oxygen atoms in total. The van der Waals surface area contributed by atoms with Crippen molar-refractivity contribution in [1.82, 2.24) is 19.7 Å². The fraction of sp³-hybridized carbons (Fsp3) is 0.0833. The van der Waals surface area contributed by atoms with Gasteiger partial charge in [0, 0.05) is 0 Å². The molecule has 5 heteroatoms. The predicted octanol–water partition coefficient (Wildman–Crippen LogP) is 2.79. The number of rotatable bonds is 1. The number of para-hydroxylation sites is 1. The number of aromatic amines is 1. The van der Waals surface area contributed by atoms with Gasteiger partial charge in [0.05, 0.1) is 23.6 Å². The first-order chi connectivity index (χ1) is 8.27. The van der Waals surface area contributed by atoms with Gasteiger partial charge in [-0.1, -0.05) is 30.4 Å². The number of nitrogens with one attached hydrogen (secondary N) is 1. The second-order valence-corrected chi connectivity index (χ2v) is 4.20. The average molecular weight is 242 g/mol. The minimum absolute atomic E-state index is 0.568. The van der Waals surface area contributed by atoms with Gasteiger partial charge in [-0.15, -0.1) is 0 Å². The lowest BCUT2D eigenvalue weighted by Gasteiger charge is -2.06. The maximum absolute atomic E-state index is 5.17. The third-order valence-electron chi connectivity index (χ3n) is 2.73. The normalized spacial score (nSPS) is 10.9. The smallest absolute Gasteiger partial charge is 0.145 e. The van der Waals surface area contributed by atoms with Crippen LogP contribution in [0.4, 0.5) is 0 Å². The maximum atomic E-state index is 5.17. The van der Waals surface area contributed by atoms with Crippen LogP contribution >= 0.6 is 12.2 Å². The summed E-state index contributed by atoms with van der Waals surface area (Å²) in [6, 6.07) is 8.08. The van der Waals surface area contributed by atoms with Crippen molar-refractivity contribution >= 4 is 23.3 Å². The van der Waals surface area contributed by atoms with E-state index in [-0.39, 0.29) is 0 Å². The first-order valence-electron chi connectivity index (χ1n) is 5.25. The van der Waals surface area contributed by atoms with E-state index in [9.17, 15) is 0 Å². The van der Waals surface area contributed by atoms with E-state index in [0.29, 0.717) is 4.64 Å². The molecule has 0 amide bonds. The molecule has 3 rings (SSSR count). The molecule has 0 aliphatic carbocycles. The Bertz CT molecular complexity index is 741. The summed E-state index contributed by atoms with van der Waals surface area (Å²) in [7, 11) is 0. The van der Waals surface area contributed by atoms with Crippen LogP contribution in [0, 0.1) is 11.6 Å². The maximum Gasteiger partial charge on any atom is 0.145 e. The molecule has 2 heterocycles.